The Labute approximate surface area is 113 Å². The highest BCUT2D eigenvalue weighted by molar-refractivity contribution is 6.14. The molecule has 4 heteroatoms. The van der Waals surface area contributed by atoms with Crippen LogP contribution < -0.4 is 5.01 Å². The Bertz CT molecular complexity index is 545. The van der Waals surface area contributed by atoms with Crippen LogP contribution in [-0.4, -0.2) is 24.8 Å². The summed E-state index contributed by atoms with van der Waals surface area (Å²) in [5, 5.41) is 6.09. The van der Waals surface area contributed by atoms with Gasteiger partial charge in [-0.15, -0.1) is 0 Å². The van der Waals surface area contributed by atoms with Crippen LogP contribution in [0.2, 0.25) is 0 Å². The molecule has 100 valence electrons. The minimum absolute atomic E-state index is 0.0638. The standard InChI is InChI=1S/C15H18N2O2/c1-10-3-4-14(11(2)7-10)17-15(18)8-13(16-17)12-5-6-19-9-12/h3-4,7,12H,5-6,8-9H2,1-2H3. The monoisotopic (exact) mass is 258 g/mol. The number of benzene rings is 1. The van der Waals surface area contributed by atoms with Gasteiger partial charge in [-0.2, -0.15) is 5.10 Å². The van der Waals surface area contributed by atoms with Gasteiger partial charge >= 0.3 is 0 Å². The predicted octanol–water partition coefficient (Wildman–Crippen LogP) is 2.43. The van der Waals surface area contributed by atoms with Crippen LogP contribution in [0.1, 0.15) is 24.0 Å². The van der Waals surface area contributed by atoms with Gasteiger partial charge in [-0.3, -0.25) is 4.79 Å². The number of hydrazone groups is 1. The minimum atomic E-state index is 0.0638. The first-order valence-corrected chi connectivity index (χ1v) is 6.70. The molecule has 2 heterocycles. The average Bonchev–Trinajstić information content (AvgIpc) is 2.98. The smallest absolute Gasteiger partial charge is 0.253 e. The molecule has 1 fully saturated rings. The maximum Gasteiger partial charge on any atom is 0.253 e. The lowest BCUT2D eigenvalue weighted by atomic mass is 10.0. The summed E-state index contributed by atoms with van der Waals surface area (Å²) in [5.41, 5.74) is 4.15. The molecule has 1 aromatic rings. The van der Waals surface area contributed by atoms with E-state index in [4.69, 9.17) is 4.74 Å². The highest BCUT2D eigenvalue weighted by Crippen LogP contribution is 2.28. The van der Waals surface area contributed by atoms with Gasteiger partial charge in [-0.25, -0.2) is 5.01 Å². The van der Waals surface area contributed by atoms with Gasteiger partial charge in [0.1, 0.15) is 0 Å². The maximum atomic E-state index is 12.1. The molecular weight excluding hydrogens is 240 g/mol. The number of hydrogen-bond donors (Lipinski definition) is 0. The zero-order valence-electron chi connectivity index (χ0n) is 11.3. The first kappa shape index (κ1) is 12.4. The average molecular weight is 258 g/mol. The van der Waals surface area contributed by atoms with Crippen molar-refractivity contribution >= 4 is 17.3 Å². The molecule has 1 aromatic carbocycles. The van der Waals surface area contributed by atoms with Crippen molar-refractivity contribution < 1.29 is 9.53 Å². The number of carbonyl (C=O) groups is 1. The third-order valence-corrected chi connectivity index (χ3v) is 3.78. The Hall–Kier alpha value is -1.68. The zero-order chi connectivity index (χ0) is 13.4. The van der Waals surface area contributed by atoms with Gasteiger partial charge in [0.15, 0.2) is 0 Å². The van der Waals surface area contributed by atoms with E-state index in [-0.39, 0.29) is 5.91 Å². The Morgan fingerprint density at radius 2 is 2.21 bits per heavy atom. The van der Waals surface area contributed by atoms with Crippen molar-refractivity contribution in [2.45, 2.75) is 26.7 Å². The van der Waals surface area contributed by atoms with Crippen LogP contribution in [0.15, 0.2) is 23.3 Å². The summed E-state index contributed by atoms with van der Waals surface area (Å²) in [6.45, 7) is 5.54. The molecule has 1 amide bonds. The highest BCUT2D eigenvalue weighted by Gasteiger charge is 2.32. The number of amides is 1. The first-order chi connectivity index (χ1) is 9.15. The fourth-order valence-electron chi connectivity index (χ4n) is 2.70. The van der Waals surface area contributed by atoms with E-state index in [0.717, 1.165) is 30.0 Å². The molecule has 0 aromatic heterocycles. The fourth-order valence-corrected chi connectivity index (χ4v) is 2.70. The second kappa shape index (κ2) is 4.78. The highest BCUT2D eigenvalue weighted by atomic mass is 16.5. The molecule has 1 saturated heterocycles. The number of carbonyl (C=O) groups excluding carboxylic acids is 1. The van der Waals surface area contributed by atoms with E-state index in [1.165, 1.54) is 5.56 Å². The largest absolute Gasteiger partial charge is 0.381 e. The lowest BCUT2D eigenvalue weighted by molar-refractivity contribution is -0.116. The van der Waals surface area contributed by atoms with Gasteiger partial charge < -0.3 is 4.74 Å². The van der Waals surface area contributed by atoms with Crippen LogP contribution in [0, 0.1) is 19.8 Å². The normalized spacial score (nSPS) is 23.1. The Balaban J connectivity index is 1.89. The predicted molar refractivity (Wildman–Crippen MR) is 74.4 cm³/mol. The molecule has 4 nitrogen and oxygen atoms in total. The van der Waals surface area contributed by atoms with Crippen LogP contribution in [0.4, 0.5) is 5.69 Å². The maximum absolute atomic E-state index is 12.1. The number of aryl methyl sites for hydroxylation is 2. The second-order valence-electron chi connectivity index (χ2n) is 5.32. The molecule has 2 aliphatic rings. The van der Waals surface area contributed by atoms with Crippen molar-refractivity contribution in [3.8, 4) is 0 Å². The van der Waals surface area contributed by atoms with E-state index in [1.54, 1.807) is 5.01 Å². The summed E-state index contributed by atoms with van der Waals surface area (Å²) in [6, 6.07) is 6.07. The summed E-state index contributed by atoms with van der Waals surface area (Å²) in [5.74, 6) is 0.383. The topological polar surface area (TPSA) is 41.9 Å². The molecule has 0 spiro atoms. The molecule has 0 radical (unpaired) electrons. The molecule has 3 rings (SSSR count). The van der Waals surface area contributed by atoms with Crippen molar-refractivity contribution in [3.63, 3.8) is 0 Å². The number of hydrogen-bond acceptors (Lipinski definition) is 3. The van der Waals surface area contributed by atoms with Gasteiger partial charge in [0.2, 0.25) is 0 Å². The molecule has 1 atom stereocenters. The van der Waals surface area contributed by atoms with Gasteiger partial charge in [-0.1, -0.05) is 17.7 Å². The molecule has 19 heavy (non-hydrogen) atoms. The Morgan fingerprint density at radius 1 is 1.37 bits per heavy atom. The third-order valence-electron chi connectivity index (χ3n) is 3.78. The summed E-state index contributed by atoms with van der Waals surface area (Å²) in [6.07, 6.45) is 1.41. The molecule has 0 bridgehead atoms. The number of anilines is 1. The summed E-state index contributed by atoms with van der Waals surface area (Å²) >= 11 is 0. The van der Waals surface area contributed by atoms with Gasteiger partial charge in [0.05, 0.1) is 24.4 Å². The second-order valence-corrected chi connectivity index (χ2v) is 5.32. The van der Waals surface area contributed by atoms with E-state index in [0.29, 0.717) is 18.9 Å². The lowest BCUT2D eigenvalue weighted by Crippen LogP contribution is -2.20. The third kappa shape index (κ3) is 2.28. The molecule has 2 aliphatic heterocycles. The molecular formula is C15H18N2O2. The van der Waals surface area contributed by atoms with E-state index >= 15 is 0 Å². The lowest BCUT2D eigenvalue weighted by Gasteiger charge is -2.15. The summed E-state index contributed by atoms with van der Waals surface area (Å²) in [7, 11) is 0. The van der Waals surface area contributed by atoms with Crippen molar-refractivity contribution in [1.29, 1.82) is 0 Å². The van der Waals surface area contributed by atoms with Crippen molar-refractivity contribution in [1.82, 2.24) is 0 Å². The van der Waals surface area contributed by atoms with Crippen LogP contribution in [-0.2, 0) is 9.53 Å². The zero-order valence-corrected chi connectivity index (χ0v) is 11.3. The van der Waals surface area contributed by atoms with Crippen molar-refractivity contribution in [3.05, 3.63) is 29.3 Å². The van der Waals surface area contributed by atoms with Gasteiger partial charge in [0.25, 0.3) is 5.91 Å². The SMILES string of the molecule is Cc1ccc(N2N=C(C3CCOC3)CC2=O)c(C)c1. The molecule has 0 N–H and O–H groups in total. The van der Waals surface area contributed by atoms with Crippen LogP contribution >= 0.6 is 0 Å². The van der Waals surface area contributed by atoms with Gasteiger partial charge in [0, 0.05) is 12.5 Å². The van der Waals surface area contributed by atoms with Crippen LogP contribution in [0.25, 0.3) is 0 Å². The number of rotatable bonds is 2. The van der Waals surface area contributed by atoms with E-state index in [9.17, 15) is 4.79 Å². The first-order valence-electron chi connectivity index (χ1n) is 6.70. The Morgan fingerprint density at radius 3 is 2.89 bits per heavy atom. The molecule has 1 unspecified atom stereocenters. The summed E-state index contributed by atoms with van der Waals surface area (Å²) in [4.78, 5) is 12.1. The van der Waals surface area contributed by atoms with E-state index < -0.39 is 0 Å². The summed E-state index contributed by atoms with van der Waals surface area (Å²) < 4.78 is 5.37. The van der Waals surface area contributed by atoms with Crippen LogP contribution in [0.5, 0.6) is 0 Å². The minimum Gasteiger partial charge on any atom is -0.381 e. The quantitative estimate of drug-likeness (QED) is 0.817. The van der Waals surface area contributed by atoms with E-state index in [1.807, 2.05) is 26.0 Å². The Kier molecular flexibility index (Phi) is 3.11. The van der Waals surface area contributed by atoms with Crippen LogP contribution in [0.3, 0.4) is 0 Å². The van der Waals surface area contributed by atoms with Gasteiger partial charge in [-0.05, 0) is 31.9 Å². The van der Waals surface area contributed by atoms with Crippen molar-refractivity contribution in [2.24, 2.45) is 11.0 Å². The van der Waals surface area contributed by atoms with E-state index in [2.05, 4.69) is 11.2 Å². The number of ether oxygens (including phenoxy) is 1. The number of nitrogens with zero attached hydrogens (tertiary/aromatic N) is 2. The molecule has 0 saturated carbocycles. The fraction of sp³-hybridized carbons (Fsp3) is 0.467. The molecule has 0 aliphatic carbocycles. The van der Waals surface area contributed by atoms with Crippen molar-refractivity contribution in [2.75, 3.05) is 18.2 Å².